The van der Waals surface area contributed by atoms with Gasteiger partial charge in [0.25, 0.3) is 5.78 Å². The van der Waals surface area contributed by atoms with Crippen LogP contribution in [0.25, 0.3) is 5.76 Å². The van der Waals surface area contributed by atoms with Crippen molar-refractivity contribution in [3.05, 3.63) is 82.9 Å². The third kappa shape index (κ3) is 4.57. The Morgan fingerprint density at radius 2 is 1.82 bits per heavy atom. The predicted octanol–water partition coefficient (Wildman–Crippen LogP) is 5.32. The van der Waals surface area contributed by atoms with Gasteiger partial charge >= 0.3 is 5.91 Å². The lowest BCUT2D eigenvalue weighted by Crippen LogP contribution is -2.29. The number of carbonyl (C=O) groups excluding carboxylic acids is 2. The van der Waals surface area contributed by atoms with Gasteiger partial charge in [-0.3, -0.25) is 14.5 Å². The minimum absolute atomic E-state index is 0.117. The summed E-state index contributed by atoms with van der Waals surface area (Å²) >= 11 is 0. The normalized spacial score (nSPS) is 17.4. The molecule has 0 spiro atoms. The largest absolute Gasteiger partial charge is 0.507 e. The number of nitrogens with zero attached hydrogens (tertiary/aromatic N) is 2. The molecule has 1 fully saturated rings. The molecule has 8 heteroatoms. The number of unbranched alkanes of at least 4 members (excludes halogenated alkanes) is 2. The zero-order valence-corrected chi connectivity index (χ0v) is 19.0. The first kappa shape index (κ1) is 23.2. The molecule has 1 N–H and O–H groups in total. The van der Waals surface area contributed by atoms with E-state index in [1.165, 1.54) is 29.2 Å². The minimum atomic E-state index is -0.955. The number of aliphatic hydroxyl groups is 1. The van der Waals surface area contributed by atoms with Gasteiger partial charge in [0.1, 0.15) is 23.1 Å². The van der Waals surface area contributed by atoms with Crippen molar-refractivity contribution in [2.24, 2.45) is 0 Å². The molecular formula is C26H25FN2O5. The molecule has 1 amide bonds. The number of ether oxygens (including phenoxy) is 1. The second kappa shape index (κ2) is 9.91. The van der Waals surface area contributed by atoms with Crippen LogP contribution in [-0.4, -0.2) is 28.6 Å². The number of aryl methyl sites for hydroxylation is 1. The van der Waals surface area contributed by atoms with Crippen molar-refractivity contribution in [1.29, 1.82) is 0 Å². The van der Waals surface area contributed by atoms with Crippen LogP contribution in [0, 0.1) is 12.7 Å². The highest BCUT2D eigenvalue weighted by Gasteiger charge is 2.48. The standard InChI is InChI=1S/C26H25FN2O5/c1-3-4-5-14-33-20-12-8-17(9-13-20)23-22(24(30)18-6-10-19(27)11-7-18)25(31)26(32)29(23)21-15-16(2)34-28-21/h6-13,15,23,30H,3-5,14H2,1-2H3/b24-22+/t23-/m1/s1. The lowest BCUT2D eigenvalue weighted by atomic mass is 9.95. The van der Waals surface area contributed by atoms with Crippen molar-refractivity contribution < 1.29 is 28.3 Å². The van der Waals surface area contributed by atoms with Crippen LogP contribution in [0.1, 0.15) is 49.1 Å². The Morgan fingerprint density at radius 1 is 1.12 bits per heavy atom. The third-order valence-electron chi connectivity index (χ3n) is 5.64. The fourth-order valence-corrected chi connectivity index (χ4v) is 3.90. The van der Waals surface area contributed by atoms with Crippen LogP contribution >= 0.6 is 0 Å². The number of aromatic nitrogens is 1. The van der Waals surface area contributed by atoms with Gasteiger partial charge in [0.05, 0.1) is 18.2 Å². The number of carbonyl (C=O) groups is 2. The van der Waals surface area contributed by atoms with E-state index in [0.717, 1.165) is 19.3 Å². The van der Waals surface area contributed by atoms with Crippen molar-refractivity contribution in [3.63, 3.8) is 0 Å². The molecule has 0 radical (unpaired) electrons. The lowest BCUT2D eigenvalue weighted by molar-refractivity contribution is -0.132. The SMILES string of the molecule is CCCCCOc1ccc([C@@H]2/C(=C(\O)c3ccc(F)cc3)C(=O)C(=O)N2c2cc(C)on2)cc1. The van der Waals surface area contributed by atoms with E-state index in [9.17, 15) is 19.1 Å². The number of amides is 1. The third-order valence-corrected chi connectivity index (χ3v) is 5.64. The first-order valence-electron chi connectivity index (χ1n) is 11.1. The van der Waals surface area contributed by atoms with Crippen LogP contribution in [0.15, 0.2) is 64.7 Å². The molecule has 0 aliphatic carbocycles. The maximum absolute atomic E-state index is 13.4. The number of Topliss-reactive ketones (excluding diaryl/α,β-unsaturated/α-hetero) is 1. The summed E-state index contributed by atoms with van der Waals surface area (Å²) in [6.07, 6.45) is 3.12. The topological polar surface area (TPSA) is 92.9 Å². The Labute approximate surface area is 196 Å². The summed E-state index contributed by atoms with van der Waals surface area (Å²) in [6.45, 7) is 4.38. The number of anilines is 1. The molecule has 1 aromatic heterocycles. The van der Waals surface area contributed by atoms with Gasteiger partial charge in [-0.1, -0.05) is 37.1 Å². The van der Waals surface area contributed by atoms with Gasteiger partial charge in [0.2, 0.25) is 0 Å². The van der Waals surface area contributed by atoms with Gasteiger partial charge in [-0.25, -0.2) is 4.39 Å². The quantitative estimate of drug-likeness (QED) is 0.210. The fraction of sp³-hybridized carbons (Fsp3) is 0.269. The predicted molar refractivity (Wildman–Crippen MR) is 124 cm³/mol. The number of halogens is 1. The van der Waals surface area contributed by atoms with Gasteiger partial charge in [-0.2, -0.15) is 0 Å². The molecule has 3 aromatic rings. The minimum Gasteiger partial charge on any atom is -0.507 e. The summed E-state index contributed by atoms with van der Waals surface area (Å²) in [4.78, 5) is 27.3. The van der Waals surface area contributed by atoms with Gasteiger partial charge < -0.3 is 14.4 Å². The van der Waals surface area contributed by atoms with Crippen molar-refractivity contribution in [2.75, 3.05) is 11.5 Å². The van der Waals surface area contributed by atoms with Crippen molar-refractivity contribution >= 4 is 23.3 Å². The van der Waals surface area contributed by atoms with Crippen molar-refractivity contribution in [1.82, 2.24) is 5.16 Å². The van der Waals surface area contributed by atoms with Crippen LogP contribution < -0.4 is 9.64 Å². The maximum atomic E-state index is 13.4. The number of hydrogen-bond acceptors (Lipinski definition) is 6. The summed E-state index contributed by atoms with van der Waals surface area (Å²) in [5.41, 5.74) is 0.676. The van der Waals surface area contributed by atoms with E-state index >= 15 is 0 Å². The smallest absolute Gasteiger partial charge is 0.301 e. The summed E-state index contributed by atoms with van der Waals surface area (Å²) < 4.78 is 24.3. The van der Waals surface area contributed by atoms with E-state index in [-0.39, 0.29) is 17.0 Å². The maximum Gasteiger partial charge on any atom is 0.301 e. The molecule has 1 aliphatic heterocycles. The number of hydrogen-bond donors (Lipinski definition) is 1. The Kier molecular flexibility index (Phi) is 6.77. The summed E-state index contributed by atoms with van der Waals surface area (Å²) in [6, 6.07) is 12.6. The number of aliphatic hydroxyl groups excluding tert-OH is 1. The number of ketones is 1. The van der Waals surface area contributed by atoms with E-state index in [0.29, 0.717) is 23.7 Å². The molecule has 34 heavy (non-hydrogen) atoms. The summed E-state index contributed by atoms with van der Waals surface area (Å²) in [5, 5.41) is 14.9. The van der Waals surface area contributed by atoms with E-state index < -0.39 is 29.3 Å². The van der Waals surface area contributed by atoms with Crippen LogP contribution in [0.5, 0.6) is 5.75 Å². The Morgan fingerprint density at radius 3 is 2.44 bits per heavy atom. The summed E-state index contributed by atoms with van der Waals surface area (Å²) in [7, 11) is 0. The molecule has 1 saturated heterocycles. The van der Waals surface area contributed by atoms with Gasteiger partial charge in [-0.05, 0) is 55.3 Å². The van der Waals surface area contributed by atoms with E-state index in [4.69, 9.17) is 9.26 Å². The number of rotatable bonds is 8. The van der Waals surface area contributed by atoms with E-state index in [2.05, 4.69) is 12.1 Å². The van der Waals surface area contributed by atoms with Gasteiger partial charge in [-0.15, -0.1) is 0 Å². The molecule has 7 nitrogen and oxygen atoms in total. The first-order chi connectivity index (χ1) is 16.4. The van der Waals surface area contributed by atoms with E-state index in [1.807, 2.05) is 0 Å². The summed E-state index contributed by atoms with van der Waals surface area (Å²) in [5.74, 6) is -1.32. The van der Waals surface area contributed by atoms with Gasteiger partial charge in [0.15, 0.2) is 5.82 Å². The molecule has 1 atom stereocenters. The van der Waals surface area contributed by atoms with E-state index in [1.54, 1.807) is 37.3 Å². The second-order valence-corrected chi connectivity index (χ2v) is 8.10. The Bertz CT molecular complexity index is 1210. The lowest BCUT2D eigenvalue weighted by Gasteiger charge is -2.23. The molecule has 0 saturated carbocycles. The zero-order valence-electron chi connectivity index (χ0n) is 19.0. The highest BCUT2D eigenvalue weighted by molar-refractivity contribution is 6.51. The highest BCUT2D eigenvalue weighted by atomic mass is 19.1. The monoisotopic (exact) mass is 464 g/mol. The van der Waals surface area contributed by atoms with Crippen molar-refractivity contribution in [2.45, 2.75) is 39.2 Å². The molecule has 1 aliphatic rings. The average molecular weight is 464 g/mol. The molecule has 4 rings (SSSR count). The average Bonchev–Trinajstić information content (AvgIpc) is 3.37. The first-order valence-corrected chi connectivity index (χ1v) is 11.1. The number of benzene rings is 2. The van der Waals surface area contributed by atoms with Gasteiger partial charge in [0, 0.05) is 11.6 Å². The van der Waals surface area contributed by atoms with Crippen LogP contribution in [0.4, 0.5) is 10.2 Å². The Balaban J connectivity index is 1.76. The molecule has 2 aromatic carbocycles. The second-order valence-electron chi connectivity index (χ2n) is 8.10. The zero-order chi connectivity index (χ0) is 24.2. The Hall–Kier alpha value is -3.94. The van der Waals surface area contributed by atoms with Crippen LogP contribution in [0.2, 0.25) is 0 Å². The van der Waals surface area contributed by atoms with Crippen LogP contribution in [0.3, 0.4) is 0 Å². The highest BCUT2D eigenvalue weighted by Crippen LogP contribution is 2.42. The van der Waals surface area contributed by atoms with Crippen molar-refractivity contribution in [3.8, 4) is 5.75 Å². The molecular weight excluding hydrogens is 439 g/mol. The molecule has 176 valence electrons. The fourth-order valence-electron chi connectivity index (χ4n) is 3.90. The molecule has 2 heterocycles. The molecule has 0 unspecified atom stereocenters. The molecule has 0 bridgehead atoms. The van der Waals surface area contributed by atoms with Crippen LogP contribution in [-0.2, 0) is 9.59 Å².